The molecule has 2 aromatic carbocycles. The first-order chi connectivity index (χ1) is 10.6. The summed E-state index contributed by atoms with van der Waals surface area (Å²) in [7, 11) is 0. The number of aromatic carboxylic acids is 1. The van der Waals surface area contributed by atoms with Gasteiger partial charge in [0.1, 0.15) is 0 Å². The molecule has 0 bridgehead atoms. The number of nitrogens with zero attached hydrogens (tertiary/aromatic N) is 1. The molecule has 0 aliphatic rings. The molecule has 2 aromatic rings. The zero-order valence-corrected chi connectivity index (χ0v) is 11.5. The summed E-state index contributed by atoms with van der Waals surface area (Å²) in [6.07, 6.45) is 0.0640. The lowest BCUT2D eigenvalue weighted by Crippen LogP contribution is -2.25. The van der Waals surface area contributed by atoms with E-state index < -0.39 is 18.0 Å². The molecule has 0 fully saturated rings. The lowest BCUT2D eigenvalue weighted by atomic mass is 10.1. The van der Waals surface area contributed by atoms with Crippen LogP contribution in [0.1, 0.15) is 27.6 Å². The van der Waals surface area contributed by atoms with E-state index in [4.69, 9.17) is 5.11 Å². The molecule has 0 aliphatic heterocycles. The Bertz CT molecular complexity index is 681. The van der Waals surface area contributed by atoms with Gasteiger partial charge in [0.05, 0.1) is 11.8 Å². The first-order valence-corrected chi connectivity index (χ1v) is 6.47. The molecule has 0 saturated carbocycles. The molecule has 0 aromatic heterocycles. The Morgan fingerprint density at radius 1 is 1.05 bits per heavy atom. The third-order valence-corrected chi connectivity index (χ3v) is 2.91. The van der Waals surface area contributed by atoms with Crippen molar-refractivity contribution in [3.05, 3.63) is 71.3 Å². The standard InChI is InChI=1S/C16H14N2O4/c19-14(12-4-2-1-3-5-12)15(20)18-17-10-11-6-8-13(9-7-11)16(21)22/h1-10,14,19H,(H,18,20)(H,21,22)/b17-10-/t14-/m0/s1. The number of rotatable bonds is 5. The predicted octanol–water partition coefficient (Wildman–Crippen LogP) is 1.57. The molecule has 22 heavy (non-hydrogen) atoms. The Morgan fingerprint density at radius 2 is 1.68 bits per heavy atom. The number of aliphatic hydroxyl groups excluding tert-OH is 1. The molecule has 6 nitrogen and oxygen atoms in total. The van der Waals surface area contributed by atoms with Gasteiger partial charge in [-0.25, -0.2) is 10.2 Å². The third kappa shape index (κ3) is 4.00. The van der Waals surface area contributed by atoms with Gasteiger partial charge in [0.2, 0.25) is 0 Å². The smallest absolute Gasteiger partial charge is 0.335 e. The first kappa shape index (κ1) is 15.4. The Hall–Kier alpha value is -2.99. The Balaban J connectivity index is 1.94. The summed E-state index contributed by atoms with van der Waals surface area (Å²) in [5.41, 5.74) is 3.50. The monoisotopic (exact) mass is 298 g/mol. The van der Waals surface area contributed by atoms with Crippen molar-refractivity contribution in [3.8, 4) is 0 Å². The highest BCUT2D eigenvalue weighted by molar-refractivity contribution is 5.89. The number of hydrogen-bond acceptors (Lipinski definition) is 4. The number of benzene rings is 2. The molecule has 6 heteroatoms. The largest absolute Gasteiger partial charge is 0.478 e. The molecule has 0 saturated heterocycles. The minimum atomic E-state index is -1.30. The van der Waals surface area contributed by atoms with Crippen LogP contribution in [0, 0.1) is 0 Å². The van der Waals surface area contributed by atoms with Crippen LogP contribution in [0.25, 0.3) is 0 Å². The van der Waals surface area contributed by atoms with Crippen LogP contribution >= 0.6 is 0 Å². The van der Waals surface area contributed by atoms with Crippen molar-refractivity contribution >= 4 is 18.1 Å². The maximum absolute atomic E-state index is 11.7. The minimum Gasteiger partial charge on any atom is -0.478 e. The van der Waals surface area contributed by atoms with E-state index in [0.717, 1.165) is 0 Å². The lowest BCUT2D eigenvalue weighted by Gasteiger charge is -2.08. The highest BCUT2D eigenvalue weighted by Crippen LogP contribution is 2.11. The number of hydrogen-bond donors (Lipinski definition) is 3. The summed E-state index contributed by atoms with van der Waals surface area (Å²) >= 11 is 0. The molecule has 0 aliphatic carbocycles. The van der Waals surface area contributed by atoms with E-state index in [0.29, 0.717) is 11.1 Å². The van der Waals surface area contributed by atoms with E-state index >= 15 is 0 Å². The van der Waals surface area contributed by atoms with Crippen molar-refractivity contribution in [1.82, 2.24) is 5.43 Å². The van der Waals surface area contributed by atoms with Crippen molar-refractivity contribution in [2.45, 2.75) is 6.10 Å². The number of nitrogens with one attached hydrogen (secondary N) is 1. The molecule has 0 unspecified atom stereocenters. The molecular weight excluding hydrogens is 284 g/mol. The van der Waals surface area contributed by atoms with Crippen LogP contribution in [-0.2, 0) is 4.79 Å². The number of carbonyl (C=O) groups is 2. The van der Waals surface area contributed by atoms with Gasteiger partial charge in [0.15, 0.2) is 6.10 Å². The normalized spacial score (nSPS) is 12.0. The van der Waals surface area contributed by atoms with Gasteiger partial charge >= 0.3 is 5.97 Å². The summed E-state index contributed by atoms with van der Waals surface area (Å²) < 4.78 is 0. The molecule has 0 heterocycles. The molecule has 1 atom stereocenters. The van der Waals surface area contributed by atoms with Crippen LogP contribution < -0.4 is 5.43 Å². The lowest BCUT2D eigenvalue weighted by molar-refractivity contribution is -0.129. The van der Waals surface area contributed by atoms with Crippen molar-refractivity contribution in [2.75, 3.05) is 0 Å². The second-order valence-electron chi connectivity index (χ2n) is 4.47. The summed E-state index contributed by atoms with van der Waals surface area (Å²) in [5.74, 6) is -1.66. The first-order valence-electron chi connectivity index (χ1n) is 6.47. The molecule has 2 rings (SSSR count). The zero-order chi connectivity index (χ0) is 15.9. The van der Waals surface area contributed by atoms with Crippen molar-refractivity contribution in [2.24, 2.45) is 5.10 Å². The fraction of sp³-hybridized carbons (Fsp3) is 0.0625. The Kier molecular flexibility index (Phi) is 5.00. The van der Waals surface area contributed by atoms with Crippen LogP contribution in [0.3, 0.4) is 0 Å². The Labute approximate surface area is 126 Å². The molecular formula is C16H14N2O4. The molecule has 112 valence electrons. The predicted molar refractivity (Wildman–Crippen MR) is 80.5 cm³/mol. The van der Waals surface area contributed by atoms with E-state index in [9.17, 15) is 14.7 Å². The zero-order valence-electron chi connectivity index (χ0n) is 11.5. The van der Waals surface area contributed by atoms with Gasteiger partial charge in [0.25, 0.3) is 5.91 Å². The minimum absolute atomic E-state index is 0.167. The molecule has 1 amide bonds. The van der Waals surface area contributed by atoms with Gasteiger partial charge < -0.3 is 10.2 Å². The Morgan fingerprint density at radius 3 is 2.27 bits per heavy atom. The molecule has 0 radical (unpaired) electrons. The maximum atomic E-state index is 11.7. The van der Waals surface area contributed by atoms with Gasteiger partial charge in [-0.3, -0.25) is 4.79 Å². The number of carboxylic acid groups (broad SMARTS) is 1. The van der Waals surface area contributed by atoms with Gasteiger partial charge in [0, 0.05) is 0 Å². The van der Waals surface area contributed by atoms with E-state index in [1.165, 1.54) is 18.3 Å². The van der Waals surface area contributed by atoms with Gasteiger partial charge in [-0.05, 0) is 23.3 Å². The number of aliphatic hydroxyl groups is 1. The number of carbonyl (C=O) groups excluding carboxylic acids is 1. The fourth-order valence-corrected chi connectivity index (χ4v) is 1.73. The van der Waals surface area contributed by atoms with Gasteiger partial charge in [-0.1, -0.05) is 42.5 Å². The fourth-order valence-electron chi connectivity index (χ4n) is 1.73. The van der Waals surface area contributed by atoms with E-state index in [1.54, 1.807) is 42.5 Å². The quantitative estimate of drug-likeness (QED) is 0.576. The molecule has 0 spiro atoms. The summed E-state index contributed by atoms with van der Waals surface area (Å²) in [6.45, 7) is 0. The summed E-state index contributed by atoms with van der Waals surface area (Å²) in [4.78, 5) is 22.4. The van der Waals surface area contributed by atoms with Crippen LogP contribution in [0.2, 0.25) is 0 Å². The van der Waals surface area contributed by atoms with Crippen LogP contribution in [0.5, 0.6) is 0 Å². The average molecular weight is 298 g/mol. The van der Waals surface area contributed by atoms with Crippen LogP contribution in [-0.4, -0.2) is 28.3 Å². The highest BCUT2D eigenvalue weighted by atomic mass is 16.4. The average Bonchev–Trinajstić information content (AvgIpc) is 2.55. The van der Waals surface area contributed by atoms with Crippen LogP contribution in [0.15, 0.2) is 59.7 Å². The maximum Gasteiger partial charge on any atom is 0.335 e. The number of amides is 1. The van der Waals surface area contributed by atoms with E-state index in [2.05, 4.69) is 10.5 Å². The van der Waals surface area contributed by atoms with Crippen molar-refractivity contribution in [1.29, 1.82) is 0 Å². The van der Waals surface area contributed by atoms with E-state index in [-0.39, 0.29) is 5.56 Å². The highest BCUT2D eigenvalue weighted by Gasteiger charge is 2.15. The second-order valence-corrected chi connectivity index (χ2v) is 4.47. The second kappa shape index (κ2) is 7.14. The molecule has 3 N–H and O–H groups in total. The van der Waals surface area contributed by atoms with Crippen LogP contribution in [0.4, 0.5) is 0 Å². The van der Waals surface area contributed by atoms with Gasteiger partial charge in [-0.15, -0.1) is 0 Å². The van der Waals surface area contributed by atoms with Crippen molar-refractivity contribution < 1.29 is 19.8 Å². The number of carboxylic acids is 1. The summed E-state index contributed by atoms with van der Waals surface area (Å²) in [5, 5.41) is 22.3. The topological polar surface area (TPSA) is 99.0 Å². The van der Waals surface area contributed by atoms with E-state index in [1.807, 2.05) is 0 Å². The third-order valence-electron chi connectivity index (χ3n) is 2.91. The SMILES string of the molecule is O=C(O)c1ccc(/C=N\NC(=O)[C@@H](O)c2ccccc2)cc1. The number of hydrazone groups is 1. The van der Waals surface area contributed by atoms with Gasteiger partial charge in [-0.2, -0.15) is 5.10 Å². The summed E-state index contributed by atoms with van der Waals surface area (Å²) in [6, 6.07) is 14.5. The van der Waals surface area contributed by atoms with Crippen molar-refractivity contribution in [3.63, 3.8) is 0 Å².